The molecule has 4 rings (SSSR count). The van der Waals surface area contributed by atoms with Gasteiger partial charge in [0.05, 0.1) is 37.9 Å². The first kappa shape index (κ1) is 25.9. The smallest absolute Gasteiger partial charge is 0.407 e. The molecule has 1 aliphatic heterocycles. The van der Waals surface area contributed by atoms with Gasteiger partial charge in [-0.1, -0.05) is 13.3 Å². The van der Waals surface area contributed by atoms with E-state index in [2.05, 4.69) is 38.4 Å². The number of fused-ring (bicyclic) bond motifs is 1. The van der Waals surface area contributed by atoms with Gasteiger partial charge in [0.25, 0.3) is 0 Å². The van der Waals surface area contributed by atoms with E-state index in [0.29, 0.717) is 46.7 Å². The summed E-state index contributed by atoms with van der Waals surface area (Å²) in [6.07, 6.45) is 4.89. The second-order valence-electron chi connectivity index (χ2n) is 9.04. The quantitative estimate of drug-likeness (QED) is 0.314. The third kappa shape index (κ3) is 5.49. The summed E-state index contributed by atoms with van der Waals surface area (Å²) < 4.78 is 7.31. The van der Waals surface area contributed by atoms with Crippen LogP contribution in [-0.2, 0) is 6.54 Å². The number of pyridine rings is 1. The van der Waals surface area contributed by atoms with Gasteiger partial charge >= 0.3 is 6.09 Å². The molecule has 0 radical (unpaired) electrons. The number of nitriles is 1. The average molecular weight is 510 g/mol. The number of aliphatic hydroxyl groups is 1. The topological polar surface area (TPSA) is 188 Å². The Balaban J connectivity index is 1.66. The van der Waals surface area contributed by atoms with E-state index in [4.69, 9.17) is 10.5 Å². The summed E-state index contributed by atoms with van der Waals surface area (Å²) in [4.78, 5) is 26.3. The number of nitrogens with two attached hydrogens (primary N) is 1. The van der Waals surface area contributed by atoms with Gasteiger partial charge in [0.15, 0.2) is 5.82 Å². The lowest BCUT2D eigenvalue weighted by molar-refractivity contribution is 0.139. The van der Waals surface area contributed by atoms with E-state index in [-0.39, 0.29) is 37.6 Å². The fourth-order valence-electron chi connectivity index (χ4n) is 4.79. The summed E-state index contributed by atoms with van der Waals surface area (Å²) in [5, 5.41) is 36.2. The molecule has 5 N–H and O–H groups in total. The van der Waals surface area contributed by atoms with Crippen molar-refractivity contribution in [1.29, 1.82) is 5.26 Å². The number of rotatable bonds is 10. The Hall–Kier alpha value is -4.18. The highest BCUT2D eigenvalue weighted by Crippen LogP contribution is 2.37. The number of hydrogen-bond donors (Lipinski definition) is 4. The van der Waals surface area contributed by atoms with Gasteiger partial charge < -0.3 is 26.0 Å². The van der Waals surface area contributed by atoms with Crippen molar-refractivity contribution in [1.82, 2.24) is 29.6 Å². The number of hydrogen-bond acceptors (Lipinski definition) is 10. The molecule has 0 aliphatic carbocycles. The zero-order chi connectivity index (χ0) is 26.5. The highest BCUT2D eigenvalue weighted by molar-refractivity contribution is 5.86. The highest BCUT2D eigenvalue weighted by Gasteiger charge is 2.37. The number of likely N-dealkylation sites (tertiary alicyclic amines) is 1. The number of amides is 1. The van der Waals surface area contributed by atoms with E-state index in [1.807, 2.05) is 0 Å². The maximum Gasteiger partial charge on any atom is 0.407 e. The van der Waals surface area contributed by atoms with Crippen LogP contribution in [0.1, 0.15) is 49.9 Å². The number of aliphatic hydroxyl groups excluding tert-OH is 1. The lowest BCUT2D eigenvalue weighted by Gasteiger charge is -2.22. The Morgan fingerprint density at radius 2 is 2.19 bits per heavy atom. The number of carbonyl (C=O) groups is 1. The molecule has 3 aromatic heterocycles. The summed E-state index contributed by atoms with van der Waals surface area (Å²) in [5.74, 6) is 0.738. The summed E-state index contributed by atoms with van der Waals surface area (Å²) in [7, 11) is 1.52. The minimum Gasteiger partial charge on any atom is -0.495 e. The Bertz CT molecular complexity index is 1300. The lowest BCUT2D eigenvalue weighted by atomic mass is 10.0. The number of methoxy groups -OCH3 is 1. The number of nitrogen functional groups attached to an aromatic ring is 1. The Kier molecular flexibility index (Phi) is 7.88. The first-order valence-electron chi connectivity index (χ1n) is 12.2. The summed E-state index contributed by atoms with van der Waals surface area (Å²) in [6, 6.07) is 3.46. The van der Waals surface area contributed by atoms with Gasteiger partial charge in [-0.05, 0) is 30.9 Å². The van der Waals surface area contributed by atoms with Gasteiger partial charge in [0, 0.05) is 25.4 Å². The molecule has 0 spiro atoms. The molecule has 0 saturated carbocycles. The maximum atomic E-state index is 11.7. The number of carboxylic acid groups (broad SMARTS) is 1. The number of nitrogens with zero attached hydrogens (tertiary/aromatic N) is 7. The maximum absolute atomic E-state index is 11.7. The number of ether oxygens (including phenoxy) is 1. The van der Waals surface area contributed by atoms with E-state index >= 15 is 0 Å². The monoisotopic (exact) mass is 509 g/mol. The molecular weight excluding hydrogens is 478 g/mol. The van der Waals surface area contributed by atoms with Crippen molar-refractivity contribution in [3.8, 4) is 11.8 Å². The summed E-state index contributed by atoms with van der Waals surface area (Å²) in [5.41, 5.74) is 8.39. The van der Waals surface area contributed by atoms with Gasteiger partial charge in [-0.3, -0.25) is 14.6 Å². The van der Waals surface area contributed by atoms with Crippen molar-refractivity contribution >= 4 is 28.9 Å². The van der Waals surface area contributed by atoms with Crippen LogP contribution in [0.15, 0.2) is 18.5 Å². The van der Waals surface area contributed by atoms with Crippen LogP contribution in [0.2, 0.25) is 0 Å². The van der Waals surface area contributed by atoms with Crippen LogP contribution in [0, 0.1) is 17.2 Å². The second-order valence-corrected chi connectivity index (χ2v) is 9.04. The molecule has 0 aromatic carbocycles. The van der Waals surface area contributed by atoms with Crippen LogP contribution in [-0.4, -0.2) is 72.2 Å². The zero-order valence-corrected chi connectivity index (χ0v) is 20.8. The molecule has 37 heavy (non-hydrogen) atoms. The van der Waals surface area contributed by atoms with Crippen molar-refractivity contribution in [2.75, 3.05) is 31.3 Å². The predicted octanol–water partition coefficient (Wildman–Crippen LogP) is 2.39. The fraction of sp³-hybridized carbons (Fsp3) is 0.500. The summed E-state index contributed by atoms with van der Waals surface area (Å²) >= 11 is 0. The molecule has 4 heterocycles. The van der Waals surface area contributed by atoms with Crippen LogP contribution < -0.4 is 15.8 Å². The molecular formula is C24H31N9O4. The number of anilines is 2. The van der Waals surface area contributed by atoms with Crippen molar-refractivity contribution in [3.05, 3.63) is 29.7 Å². The largest absolute Gasteiger partial charge is 0.495 e. The fourth-order valence-corrected chi connectivity index (χ4v) is 4.79. The second kappa shape index (κ2) is 11.3. The van der Waals surface area contributed by atoms with Gasteiger partial charge in [0.1, 0.15) is 22.5 Å². The average Bonchev–Trinajstić information content (AvgIpc) is 3.49. The summed E-state index contributed by atoms with van der Waals surface area (Å²) in [6.45, 7) is 2.52. The molecule has 3 aromatic rings. The van der Waals surface area contributed by atoms with Gasteiger partial charge in [0.2, 0.25) is 5.95 Å². The van der Waals surface area contributed by atoms with Crippen molar-refractivity contribution < 1.29 is 19.7 Å². The SMILES string of the molecule is CCCC(CCO)Nc1nc(N)nc2cnn(Cc3ncc(C4C[C@@H](C#N)CN4C(=O)O)cc3OC)c12. The first-order valence-corrected chi connectivity index (χ1v) is 12.2. The molecule has 13 nitrogen and oxygen atoms in total. The lowest BCUT2D eigenvalue weighted by Crippen LogP contribution is -2.29. The first-order chi connectivity index (χ1) is 17.9. The molecule has 13 heteroatoms. The minimum absolute atomic E-state index is 0.00336. The molecule has 1 saturated heterocycles. The molecule has 1 amide bonds. The van der Waals surface area contributed by atoms with E-state index in [1.54, 1.807) is 23.1 Å². The standard InChI is InChI=1S/C24H31N9O4/c1-3-4-16(5-6-34)29-22-21-17(30-23(26)31-22)11-28-33(21)13-18-20(37-2)8-15(10-27-18)19-7-14(9-25)12-32(19)24(35)36/h8,10-11,14,16,19,34H,3-7,12-13H2,1-2H3,(H,35,36)(H3,26,29,30,31)/t14-,16?,19?/m0/s1. The van der Waals surface area contributed by atoms with Crippen LogP contribution in [0.5, 0.6) is 5.75 Å². The predicted molar refractivity (Wildman–Crippen MR) is 135 cm³/mol. The molecule has 2 unspecified atom stereocenters. The van der Waals surface area contributed by atoms with Crippen LogP contribution >= 0.6 is 0 Å². The van der Waals surface area contributed by atoms with E-state index in [0.717, 1.165) is 12.8 Å². The molecule has 196 valence electrons. The molecule has 3 atom stereocenters. The van der Waals surface area contributed by atoms with Gasteiger partial charge in [-0.15, -0.1) is 0 Å². The zero-order valence-electron chi connectivity index (χ0n) is 20.8. The van der Waals surface area contributed by atoms with Crippen LogP contribution in [0.4, 0.5) is 16.6 Å². The van der Waals surface area contributed by atoms with E-state index in [1.165, 1.54) is 12.0 Å². The Morgan fingerprint density at radius 1 is 1.38 bits per heavy atom. The molecule has 1 aliphatic rings. The van der Waals surface area contributed by atoms with E-state index < -0.39 is 12.1 Å². The molecule has 1 fully saturated rings. The molecule has 0 bridgehead atoms. The number of aromatic nitrogens is 5. The van der Waals surface area contributed by atoms with Gasteiger partial charge in [-0.25, -0.2) is 9.78 Å². The van der Waals surface area contributed by atoms with Crippen molar-refractivity contribution in [2.24, 2.45) is 5.92 Å². The third-order valence-corrected chi connectivity index (χ3v) is 6.55. The minimum atomic E-state index is -1.07. The van der Waals surface area contributed by atoms with Crippen LogP contribution in [0.25, 0.3) is 11.0 Å². The normalized spacial score (nSPS) is 18.1. The highest BCUT2D eigenvalue weighted by atomic mass is 16.5. The van der Waals surface area contributed by atoms with Crippen molar-refractivity contribution in [3.63, 3.8) is 0 Å². The third-order valence-electron chi connectivity index (χ3n) is 6.55. The number of nitrogens with one attached hydrogen (secondary N) is 1. The van der Waals surface area contributed by atoms with Crippen LogP contribution in [0.3, 0.4) is 0 Å². The Labute approximate surface area is 213 Å². The van der Waals surface area contributed by atoms with E-state index in [9.17, 15) is 20.3 Å². The van der Waals surface area contributed by atoms with Gasteiger partial charge in [-0.2, -0.15) is 15.3 Å². The van der Waals surface area contributed by atoms with Crippen molar-refractivity contribution in [2.45, 2.75) is 51.2 Å². The Morgan fingerprint density at radius 3 is 2.86 bits per heavy atom.